The average molecular weight is 481 g/mol. The number of amides is 1. The highest BCUT2D eigenvalue weighted by atomic mass is 35.5. The summed E-state index contributed by atoms with van der Waals surface area (Å²) in [6.07, 6.45) is 1.59. The number of aliphatic hydroxyl groups excluding tert-OH is 1. The minimum atomic E-state index is -0.937. The summed E-state index contributed by atoms with van der Waals surface area (Å²) in [6.45, 7) is 0.0360. The standard InChI is InChI=1S/C25H21ClN2O6/c1-33-19-12-20(34-2)18(26)11-17(19)23(30)21-22(14-6-8-16(29)9-7-14)28(25(32)24(21)31)13-15-5-3-4-10-27-15/h3-12,22,29-30H,13H2,1-2H3/b23-21+. The third-order valence-electron chi connectivity index (χ3n) is 5.54. The zero-order valence-electron chi connectivity index (χ0n) is 18.4. The van der Waals surface area contributed by atoms with E-state index in [2.05, 4.69) is 4.98 Å². The van der Waals surface area contributed by atoms with Gasteiger partial charge in [-0.15, -0.1) is 0 Å². The van der Waals surface area contributed by atoms with Crippen molar-refractivity contribution in [2.24, 2.45) is 0 Å². The second kappa shape index (κ2) is 9.44. The molecule has 34 heavy (non-hydrogen) atoms. The molecule has 2 aromatic carbocycles. The van der Waals surface area contributed by atoms with Crippen LogP contribution in [0.3, 0.4) is 0 Å². The Morgan fingerprint density at radius 1 is 1.06 bits per heavy atom. The highest BCUT2D eigenvalue weighted by Crippen LogP contribution is 2.43. The lowest BCUT2D eigenvalue weighted by molar-refractivity contribution is -0.140. The number of methoxy groups -OCH3 is 2. The molecule has 0 spiro atoms. The minimum Gasteiger partial charge on any atom is -0.508 e. The predicted molar refractivity (Wildman–Crippen MR) is 125 cm³/mol. The van der Waals surface area contributed by atoms with Gasteiger partial charge in [-0.05, 0) is 35.9 Å². The molecule has 0 radical (unpaired) electrons. The lowest BCUT2D eigenvalue weighted by Gasteiger charge is -2.25. The number of aliphatic hydroxyl groups is 1. The van der Waals surface area contributed by atoms with Crippen molar-refractivity contribution in [2.45, 2.75) is 12.6 Å². The van der Waals surface area contributed by atoms with Crippen LogP contribution in [0.15, 0.2) is 66.4 Å². The summed E-state index contributed by atoms with van der Waals surface area (Å²) >= 11 is 6.27. The van der Waals surface area contributed by atoms with Gasteiger partial charge >= 0.3 is 0 Å². The summed E-state index contributed by atoms with van der Waals surface area (Å²) in [6, 6.07) is 13.3. The van der Waals surface area contributed by atoms with E-state index in [0.29, 0.717) is 17.0 Å². The first-order chi connectivity index (χ1) is 16.3. The van der Waals surface area contributed by atoms with Gasteiger partial charge in [0.15, 0.2) is 0 Å². The monoisotopic (exact) mass is 480 g/mol. The van der Waals surface area contributed by atoms with Crippen LogP contribution in [0, 0.1) is 0 Å². The molecule has 8 nitrogen and oxygen atoms in total. The summed E-state index contributed by atoms with van der Waals surface area (Å²) in [7, 11) is 2.84. The van der Waals surface area contributed by atoms with E-state index >= 15 is 0 Å². The summed E-state index contributed by atoms with van der Waals surface area (Å²) in [4.78, 5) is 31.9. The van der Waals surface area contributed by atoms with Gasteiger partial charge in [-0.1, -0.05) is 29.8 Å². The number of phenols is 1. The van der Waals surface area contributed by atoms with Crippen LogP contribution in [-0.4, -0.2) is 46.0 Å². The summed E-state index contributed by atoms with van der Waals surface area (Å²) in [5.41, 5.74) is 1.09. The number of aromatic hydroxyl groups is 1. The van der Waals surface area contributed by atoms with Gasteiger partial charge in [0.25, 0.3) is 11.7 Å². The maximum atomic E-state index is 13.2. The Bertz CT molecular complexity index is 1270. The van der Waals surface area contributed by atoms with Crippen molar-refractivity contribution < 1.29 is 29.3 Å². The molecule has 4 rings (SSSR count). The van der Waals surface area contributed by atoms with Gasteiger partial charge in [-0.2, -0.15) is 0 Å². The van der Waals surface area contributed by atoms with E-state index in [0.717, 1.165) is 0 Å². The first-order valence-electron chi connectivity index (χ1n) is 10.2. The lowest BCUT2D eigenvalue weighted by atomic mass is 9.94. The number of hydrogen-bond donors (Lipinski definition) is 2. The molecule has 3 aromatic rings. The summed E-state index contributed by atoms with van der Waals surface area (Å²) in [5, 5.41) is 21.2. The molecule has 1 aliphatic rings. The van der Waals surface area contributed by atoms with Gasteiger partial charge in [0, 0.05) is 12.3 Å². The molecule has 9 heteroatoms. The maximum Gasteiger partial charge on any atom is 0.296 e. The van der Waals surface area contributed by atoms with E-state index in [1.807, 2.05) is 0 Å². The Kier molecular flexibility index (Phi) is 6.43. The Morgan fingerprint density at radius 3 is 2.38 bits per heavy atom. The summed E-state index contributed by atoms with van der Waals surface area (Å²) in [5.74, 6) is -1.54. The quantitative estimate of drug-likeness (QED) is 0.311. The van der Waals surface area contributed by atoms with Crippen LogP contribution in [0.2, 0.25) is 5.02 Å². The number of hydrogen-bond acceptors (Lipinski definition) is 7. The van der Waals surface area contributed by atoms with Crippen molar-refractivity contribution >= 4 is 29.1 Å². The van der Waals surface area contributed by atoms with Crippen LogP contribution < -0.4 is 9.47 Å². The molecule has 1 atom stereocenters. The molecule has 174 valence electrons. The van der Waals surface area contributed by atoms with Gasteiger partial charge in [0.1, 0.15) is 23.0 Å². The number of rotatable bonds is 6. The molecule has 1 fully saturated rings. The number of pyridine rings is 1. The number of benzene rings is 2. The number of ether oxygens (including phenoxy) is 2. The molecular weight excluding hydrogens is 460 g/mol. The SMILES string of the molecule is COc1cc(OC)c(/C(O)=C2\C(=O)C(=O)N(Cc3ccccn3)C2c2ccc(O)cc2)cc1Cl. The molecule has 1 aromatic heterocycles. The molecule has 1 saturated heterocycles. The highest BCUT2D eigenvalue weighted by Gasteiger charge is 2.46. The molecule has 0 saturated carbocycles. The van der Waals surface area contributed by atoms with Gasteiger partial charge in [-0.25, -0.2) is 0 Å². The highest BCUT2D eigenvalue weighted by molar-refractivity contribution is 6.46. The fourth-order valence-corrected chi connectivity index (χ4v) is 4.14. The zero-order chi connectivity index (χ0) is 24.4. The second-order valence-electron chi connectivity index (χ2n) is 7.53. The van der Waals surface area contributed by atoms with Crippen LogP contribution in [-0.2, 0) is 16.1 Å². The van der Waals surface area contributed by atoms with Crippen LogP contribution in [0.1, 0.15) is 22.9 Å². The minimum absolute atomic E-state index is 0.0223. The number of likely N-dealkylation sites (tertiary alicyclic amines) is 1. The number of carbonyl (C=O) groups excluding carboxylic acids is 2. The van der Waals surface area contributed by atoms with Crippen molar-refractivity contribution in [1.82, 2.24) is 9.88 Å². The van der Waals surface area contributed by atoms with Gasteiger partial charge < -0.3 is 24.6 Å². The Morgan fingerprint density at radius 2 is 1.76 bits per heavy atom. The second-order valence-corrected chi connectivity index (χ2v) is 7.93. The number of halogens is 1. The normalized spacial score (nSPS) is 17.1. The number of nitrogens with zero attached hydrogens (tertiary/aromatic N) is 2. The molecule has 1 aliphatic heterocycles. The van der Waals surface area contributed by atoms with Crippen molar-refractivity contribution in [1.29, 1.82) is 0 Å². The Labute approximate surface area is 200 Å². The molecule has 0 bridgehead atoms. The summed E-state index contributed by atoms with van der Waals surface area (Å²) < 4.78 is 10.6. The van der Waals surface area contributed by atoms with E-state index in [4.69, 9.17) is 21.1 Å². The Balaban J connectivity index is 1.91. The topological polar surface area (TPSA) is 109 Å². The van der Waals surface area contributed by atoms with Crippen LogP contribution in [0.5, 0.6) is 17.2 Å². The van der Waals surface area contributed by atoms with Gasteiger partial charge in [-0.3, -0.25) is 14.6 Å². The number of Topliss-reactive ketones (excluding diaryl/α,β-unsaturated/α-hetero) is 1. The maximum absolute atomic E-state index is 13.2. The molecule has 0 aliphatic carbocycles. The van der Waals surface area contributed by atoms with Gasteiger partial charge in [0.2, 0.25) is 0 Å². The largest absolute Gasteiger partial charge is 0.508 e. The first-order valence-corrected chi connectivity index (χ1v) is 10.6. The van der Waals surface area contributed by atoms with E-state index < -0.39 is 23.5 Å². The van der Waals surface area contributed by atoms with Crippen LogP contribution in [0.4, 0.5) is 0 Å². The fourth-order valence-electron chi connectivity index (χ4n) is 3.90. The number of ketones is 1. The van der Waals surface area contributed by atoms with E-state index in [9.17, 15) is 19.8 Å². The van der Waals surface area contributed by atoms with Crippen molar-refractivity contribution in [2.75, 3.05) is 14.2 Å². The third-order valence-corrected chi connectivity index (χ3v) is 5.83. The van der Waals surface area contributed by atoms with Crippen molar-refractivity contribution in [3.8, 4) is 17.2 Å². The molecular formula is C25H21ClN2O6. The van der Waals surface area contributed by atoms with Crippen molar-refractivity contribution in [3.05, 3.63) is 88.2 Å². The zero-order valence-corrected chi connectivity index (χ0v) is 19.1. The van der Waals surface area contributed by atoms with E-state index in [-0.39, 0.29) is 34.2 Å². The van der Waals surface area contributed by atoms with Gasteiger partial charge in [0.05, 0.1) is 48.7 Å². The van der Waals surface area contributed by atoms with Crippen LogP contribution >= 0.6 is 11.6 Å². The molecule has 2 N–H and O–H groups in total. The average Bonchev–Trinajstić information content (AvgIpc) is 3.09. The third kappa shape index (κ3) is 4.15. The smallest absolute Gasteiger partial charge is 0.296 e. The number of aromatic nitrogens is 1. The predicted octanol–water partition coefficient (Wildman–Crippen LogP) is 4.08. The van der Waals surface area contributed by atoms with Crippen molar-refractivity contribution in [3.63, 3.8) is 0 Å². The number of phenolic OH excluding ortho intramolecular Hbond substituents is 1. The number of carbonyl (C=O) groups is 2. The van der Waals surface area contributed by atoms with Crippen LogP contribution in [0.25, 0.3) is 5.76 Å². The fraction of sp³-hybridized carbons (Fsp3) is 0.160. The molecule has 1 unspecified atom stereocenters. The van der Waals surface area contributed by atoms with E-state index in [1.165, 1.54) is 43.4 Å². The first kappa shape index (κ1) is 23.1. The molecule has 2 heterocycles. The van der Waals surface area contributed by atoms with E-state index in [1.54, 1.807) is 36.5 Å². The lowest BCUT2D eigenvalue weighted by Crippen LogP contribution is -2.29. The molecule has 1 amide bonds. The Hall–Kier alpha value is -4.04.